The van der Waals surface area contributed by atoms with Crippen LogP contribution in [-0.2, 0) is 4.74 Å². The number of hydrogen-bond donors (Lipinski definition) is 1. The topological polar surface area (TPSA) is 38.3 Å². The molecule has 3 heteroatoms. The van der Waals surface area contributed by atoms with Gasteiger partial charge in [-0.2, -0.15) is 0 Å². The molecule has 1 aliphatic rings. The molecule has 0 unspecified atom stereocenters. The number of hydrogen-bond acceptors (Lipinski definition) is 3. The van der Waals surface area contributed by atoms with Crippen LogP contribution >= 0.6 is 0 Å². The molecule has 1 N–H and O–H groups in total. The van der Waals surface area contributed by atoms with Gasteiger partial charge in [-0.1, -0.05) is 6.07 Å². The van der Waals surface area contributed by atoms with Crippen LogP contribution in [0.3, 0.4) is 0 Å². The summed E-state index contributed by atoms with van der Waals surface area (Å²) in [6.45, 7) is 5.63. The maximum Gasteiger partial charge on any atom is 0.338 e. The smallest absolute Gasteiger partial charge is 0.338 e. The SMILES string of the molecule is CC(C)(C)OC(=O)c1cccc(NC2CCC2)c1. The molecule has 1 saturated carbocycles. The van der Waals surface area contributed by atoms with Gasteiger partial charge in [0.1, 0.15) is 5.60 Å². The molecule has 0 aromatic heterocycles. The molecule has 18 heavy (non-hydrogen) atoms. The van der Waals surface area contributed by atoms with Crippen molar-refractivity contribution in [2.75, 3.05) is 5.32 Å². The van der Waals surface area contributed by atoms with Crippen molar-refractivity contribution in [3.63, 3.8) is 0 Å². The number of anilines is 1. The van der Waals surface area contributed by atoms with Gasteiger partial charge in [0.25, 0.3) is 0 Å². The third-order valence-corrected chi connectivity index (χ3v) is 2.97. The molecule has 0 amide bonds. The van der Waals surface area contributed by atoms with Crippen molar-refractivity contribution in [2.45, 2.75) is 51.7 Å². The Hall–Kier alpha value is -1.51. The molecular weight excluding hydrogens is 226 g/mol. The summed E-state index contributed by atoms with van der Waals surface area (Å²) in [7, 11) is 0. The molecule has 1 aromatic carbocycles. The van der Waals surface area contributed by atoms with E-state index in [1.165, 1.54) is 19.3 Å². The highest BCUT2D eigenvalue weighted by molar-refractivity contribution is 5.90. The second kappa shape index (κ2) is 5.01. The summed E-state index contributed by atoms with van der Waals surface area (Å²) in [5.41, 5.74) is 1.16. The average molecular weight is 247 g/mol. The standard InChI is InChI=1S/C15H21NO2/c1-15(2,3)18-14(17)11-6-4-9-13(10-11)16-12-7-5-8-12/h4,6,9-10,12,16H,5,7-8H2,1-3H3. The maximum atomic E-state index is 11.9. The first-order chi connectivity index (χ1) is 8.44. The van der Waals surface area contributed by atoms with E-state index in [-0.39, 0.29) is 5.97 Å². The summed E-state index contributed by atoms with van der Waals surface area (Å²) < 4.78 is 5.36. The molecule has 0 spiro atoms. The van der Waals surface area contributed by atoms with Gasteiger partial charge in [0.2, 0.25) is 0 Å². The second-order valence-corrected chi connectivity index (χ2v) is 5.85. The van der Waals surface area contributed by atoms with Crippen LogP contribution in [0.2, 0.25) is 0 Å². The van der Waals surface area contributed by atoms with E-state index in [4.69, 9.17) is 4.74 Å². The van der Waals surface area contributed by atoms with Crippen LogP contribution in [0.1, 0.15) is 50.4 Å². The molecule has 0 saturated heterocycles. The Labute approximate surface area is 109 Å². The van der Waals surface area contributed by atoms with E-state index >= 15 is 0 Å². The minimum Gasteiger partial charge on any atom is -0.456 e. The highest BCUT2D eigenvalue weighted by atomic mass is 16.6. The summed E-state index contributed by atoms with van der Waals surface area (Å²) in [4.78, 5) is 11.9. The Kier molecular flexibility index (Phi) is 3.60. The van der Waals surface area contributed by atoms with Crippen molar-refractivity contribution in [1.29, 1.82) is 0 Å². The van der Waals surface area contributed by atoms with Crippen LogP contribution in [0.4, 0.5) is 5.69 Å². The maximum absolute atomic E-state index is 11.9. The van der Waals surface area contributed by atoms with Crippen LogP contribution in [0.25, 0.3) is 0 Å². The highest BCUT2D eigenvalue weighted by Gasteiger charge is 2.19. The van der Waals surface area contributed by atoms with E-state index in [1.54, 1.807) is 6.07 Å². The van der Waals surface area contributed by atoms with Crippen LogP contribution in [-0.4, -0.2) is 17.6 Å². The second-order valence-electron chi connectivity index (χ2n) is 5.85. The number of rotatable bonds is 3. The molecule has 1 fully saturated rings. The predicted molar refractivity (Wildman–Crippen MR) is 72.9 cm³/mol. The largest absolute Gasteiger partial charge is 0.456 e. The fourth-order valence-corrected chi connectivity index (χ4v) is 1.86. The first kappa shape index (κ1) is 12.9. The minimum atomic E-state index is -0.450. The Morgan fingerprint density at radius 1 is 1.33 bits per heavy atom. The van der Waals surface area contributed by atoms with Crippen molar-refractivity contribution in [2.24, 2.45) is 0 Å². The molecule has 0 radical (unpaired) electrons. The lowest BCUT2D eigenvalue weighted by molar-refractivity contribution is 0.00696. The van der Waals surface area contributed by atoms with Gasteiger partial charge in [-0.3, -0.25) is 0 Å². The van der Waals surface area contributed by atoms with E-state index in [1.807, 2.05) is 39.0 Å². The van der Waals surface area contributed by atoms with E-state index in [9.17, 15) is 4.79 Å². The summed E-state index contributed by atoms with van der Waals surface area (Å²) in [5.74, 6) is -0.264. The van der Waals surface area contributed by atoms with Crippen LogP contribution < -0.4 is 5.32 Å². The van der Waals surface area contributed by atoms with E-state index < -0.39 is 5.60 Å². The number of carbonyl (C=O) groups is 1. The van der Waals surface area contributed by atoms with Gasteiger partial charge >= 0.3 is 5.97 Å². The van der Waals surface area contributed by atoms with Gasteiger partial charge in [-0.15, -0.1) is 0 Å². The minimum absolute atomic E-state index is 0.264. The van der Waals surface area contributed by atoms with Gasteiger partial charge < -0.3 is 10.1 Å². The van der Waals surface area contributed by atoms with E-state index in [0.717, 1.165) is 5.69 Å². The summed E-state index contributed by atoms with van der Waals surface area (Å²) in [6, 6.07) is 8.11. The summed E-state index contributed by atoms with van der Waals surface area (Å²) in [5, 5.41) is 3.43. The number of benzene rings is 1. The lowest BCUT2D eigenvalue weighted by Crippen LogP contribution is -2.27. The Morgan fingerprint density at radius 3 is 2.61 bits per heavy atom. The fraction of sp³-hybridized carbons (Fsp3) is 0.533. The van der Waals surface area contributed by atoms with Gasteiger partial charge in [-0.05, 0) is 58.2 Å². The van der Waals surface area contributed by atoms with Crippen molar-refractivity contribution in [3.8, 4) is 0 Å². The molecule has 3 nitrogen and oxygen atoms in total. The van der Waals surface area contributed by atoms with Crippen LogP contribution in [0.15, 0.2) is 24.3 Å². The molecule has 1 aromatic rings. The zero-order chi connectivity index (χ0) is 13.2. The number of esters is 1. The summed E-state index contributed by atoms with van der Waals surface area (Å²) >= 11 is 0. The molecule has 0 atom stereocenters. The highest BCUT2D eigenvalue weighted by Crippen LogP contribution is 2.24. The predicted octanol–water partition coefficient (Wildman–Crippen LogP) is 3.61. The molecule has 1 aliphatic carbocycles. The number of ether oxygens (including phenoxy) is 1. The Bertz CT molecular complexity index is 430. The average Bonchev–Trinajstić information content (AvgIpc) is 2.22. The molecule has 2 rings (SSSR count). The number of carbonyl (C=O) groups excluding carboxylic acids is 1. The molecule has 0 bridgehead atoms. The van der Waals surface area contributed by atoms with Crippen molar-refractivity contribution in [1.82, 2.24) is 0 Å². The zero-order valence-electron chi connectivity index (χ0n) is 11.3. The van der Waals surface area contributed by atoms with Gasteiger partial charge in [0, 0.05) is 11.7 Å². The molecule has 98 valence electrons. The van der Waals surface area contributed by atoms with Crippen molar-refractivity contribution in [3.05, 3.63) is 29.8 Å². The molecule has 0 heterocycles. The van der Waals surface area contributed by atoms with Crippen LogP contribution in [0, 0.1) is 0 Å². The van der Waals surface area contributed by atoms with Gasteiger partial charge in [0.15, 0.2) is 0 Å². The zero-order valence-corrected chi connectivity index (χ0v) is 11.3. The third-order valence-electron chi connectivity index (χ3n) is 2.97. The van der Waals surface area contributed by atoms with E-state index in [0.29, 0.717) is 11.6 Å². The normalized spacial score (nSPS) is 15.9. The monoisotopic (exact) mass is 247 g/mol. The molecule has 0 aliphatic heterocycles. The van der Waals surface area contributed by atoms with Crippen molar-refractivity contribution >= 4 is 11.7 Å². The lowest BCUT2D eigenvalue weighted by atomic mass is 9.93. The first-order valence-corrected chi connectivity index (χ1v) is 6.54. The third kappa shape index (κ3) is 3.49. The molecular formula is C15H21NO2. The Balaban J connectivity index is 2.03. The quantitative estimate of drug-likeness (QED) is 0.829. The summed E-state index contributed by atoms with van der Waals surface area (Å²) in [6.07, 6.45) is 3.73. The first-order valence-electron chi connectivity index (χ1n) is 6.54. The van der Waals surface area contributed by atoms with Gasteiger partial charge in [-0.25, -0.2) is 4.79 Å². The number of nitrogens with one attached hydrogen (secondary N) is 1. The van der Waals surface area contributed by atoms with E-state index in [2.05, 4.69) is 5.32 Å². The Morgan fingerprint density at radius 2 is 2.06 bits per heavy atom. The fourth-order valence-electron chi connectivity index (χ4n) is 1.86. The van der Waals surface area contributed by atoms with Gasteiger partial charge in [0.05, 0.1) is 5.56 Å². The van der Waals surface area contributed by atoms with Crippen molar-refractivity contribution < 1.29 is 9.53 Å². The van der Waals surface area contributed by atoms with Crippen LogP contribution in [0.5, 0.6) is 0 Å². The lowest BCUT2D eigenvalue weighted by Gasteiger charge is -2.27.